The summed E-state index contributed by atoms with van der Waals surface area (Å²) in [7, 11) is 0. The fourth-order valence-corrected chi connectivity index (χ4v) is 2.15. The Morgan fingerprint density at radius 2 is 0.750 bits per heavy atom. The molecule has 0 aliphatic heterocycles. The molecule has 28 heavy (non-hydrogen) atoms. The standard InChI is InChI=1S/2C10H8N2O2/c2*13-7-11-5-9-2-1-3-10(4-9)6-12-8-14/h2*1-4H,5-6H2. The van der Waals surface area contributed by atoms with Crippen molar-refractivity contribution in [1.82, 2.24) is 0 Å². The van der Waals surface area contributed by atoms with Crippen molar-refractivity contribution in [2.45, 2.75) is 26.2 Å². The van der Waals surface area contributed by atoms with Gasteiger partial charge in [0.25, 0.3) is 0 Å². The van der Waals surface area contributed by atoms with E-state index in [4.69, 9.17) is 0 Å². The minimum absolute atomic E-state index is 0.308. The van der Waals surface area contributed by atoms with Crippen LogP contribution in [0.25, 0.3) is 0 Å². The average Bonchev–Trinajstić information content (AvgIpc) is 2.74. The zero-order valence-corrected chi connectivity index (χ0v) is 14.9. The van der Waals surface area contributed by atoms with E-state index >= 15 is 0 Å². The molecule has 0 N–H and O–H groups in total. The second-order valence-corrected chi connectivity index (χ2v) is 5.27. The monoisotopic (exact) mass is 376 g/mol. The van der Waals surface area contributed by atoms with E-state index in [-0.39, 0.29) is 0 Å². The molecule has 0 aliphatic rings. The van der Waals surface area contributed by atoms with E-state index in [0.29, 0.717) is 26.2 Å². The molecule has 0 atom stereocenters. The summed E-state index contributed by atoms with van der Waals surface area (Å²) in [5.41, 5.74) is 3.58. The maximum Gasteiger partial charge on any atom is 0.235 e. The van der Waals surface area contributed by atoms with Crippen LogP contribution in [0.3, 0.4) is 0 Å². The van der Waals surface area contributed by atoms with Gasteiger partial charge in [0.1, 0.15) is 0 Å². The van der Waals surface area contributed by atoms with Gasteiger partial charge >= 0.3 is 0 Å². The normalized spacial score (nSPS) is 8.57. The van der Waals surface area contributed by atoms with E-state index in [1.165, 1.54) is 24.3 Å². The molecule has 2 rings (SSSR count). The molecule has 140 valence electrons. The van der Waals surface area contributed by atoms with Crippen LogP contribution in [0.4, 0.5) is 0 Å². The topological polar surface area (TPSA) is 118 Å². The summed E-state index contributed by atoms with van der Waals surface area (Å²) < 4.78 is 0. The quantitative estimate of drug-likeness (QED) is 0.520. The van der Waals surface area contributed by atoms with Crippen molar-refractivity contribution in [2.75, 3.05) is 0 Å². The third-order valence-corrected chi connectivity index (χ3v) is 3.29. The van der Waals surface area contributed by atoms with Gasteiger partial charge in [-0.25, -0.2) is 39.1 Å². The van der Waals surface area contributed by atoms with Crippen molar-refractivity contribution in [1.29, 1.82) is 0 Å². The molecule has 2 aromatic rings. The van der Waals surface area contributed by atoms with Gasteiger partial charge < -0.3 is 0 Å². The first-order valence-electron chi connectivity index (χ1n) is 8.03. The Balaban J connectivity index is 0.000000280. The molecule has 0 saturated carbocycles. The third-order valence-electron chi connectivity index (χ3n) is 3.29. The maximum absolute atomic E-state index is 9.87. The first-order chi connectivity index (χ1) is 13.7. The van der Waals surface area contributed by atoms with Crippen LogP contribution in [0.15, 0.2) is 68.5 Å². The second kappa shape index (κ2) is 14.2. The lowest BCUT2D eigenvalue weighted by atomic mass is 10.1. The molecule has 0 saturated heterocycles. The highest BCUT2D eigenvalue weighted by Gasteiger charge is 1.95. The van der Waals surface area contributed by atoms with Gasteiger partial charge in [-0.2, -0.15) is 0 Å². The molecule has 0 unspecified atom stereocenters. The van der Waals surface area contributed by atoms with Gasteiger partial charge in [0.2, 0.25) is 24.3 Å². The van der Waals surface area contributed by atoms with E-state index < -0.39 is 0 Å². The highest BCUT2D eigenvalue weighted by atomic mass is 16.1. The Hall–Kier alpha value is -4.04. The Labute approximate surface area is 161 Å². The largest absolute Gasteiger partial charge is 0.235 e. The van der Waals surface area contributed by atoms with Crippen molar-refractivity contribution in [3.63, 3.8) is 0 Å². The van der Waals surface area contributed by atoms with Crippen LogP contribution in [0, 0.1) is 0 Å². The number of nitrogens with zero attached hydrogens (tertiary/aromatic N) is 4. The maximum atomic E-state index is 9.87. The van der Waals surface area contributed by atoms with E-state index in [1.807, 2.05) is 48.5 Å². The Bertz CT molecular complexity index is 814. The smallest absolute Gasteiger partial charge is 0.211 e. The highest BCUT2D eigenvalue weighted by molar-refractivity contribution is 5.36. The summed E-state index contributed by atoms with van der Waals surface area (Å²) in [5.74, 6) is 0. The Morgan fingerprint density at radius 1 is 0.500 bits per heavy atom. The van der Waals surface area contributed by atoms with Crippen LogP contribution in [-0.4, -0.2) is 24.3 Å². The van der Waals surface area contributed by atoms with Crippen molar-refractivity contribution < 1.29 is 19.2 Å². The first kappa shape index (κ1) is 22.0. The van der Waals surface area contributed by atoms with Crippen molar-refractivity contribution >= 4 is 24.3 Å². The zero-order chi connectivity index (χ0) is 20.5. The average molecular weight is 376 g/mol. The number of hydrogen-bond acceptors (Lipinski definition) is 8. The van der Waals surface area contributed by atoms with Crippen LogP contribution in [0.1, 0.15) is 22.3 Å². The van der Waals surface area contributed by atoms with E-state index in [2.05, 4.69) is 20.0 Å². The molecule has 0 aromatic heterocycles. The van der Waals surface area contributed by atoms with E-state index in [9.17, 15) is 19.2 Å². The highest BCUT2D eigenvalue weighted by Crippen LogP contribution is 2.08. The summed E-state index contributed by atoms with van der Waals surface area (Å²) in [5, 5.41) is 0. The molecular weight excluding hydrogens is 360 g/mol. The lowest BCUT2D eigenvalue weighted by molar-refractivity contribution is 0.562. The van der Waals surface area contributed by atoms with Crippen molar-refractivity contribution in [3.8, 4) is 0 Å². The van der Waals surface area contributed by atoms with Crippen LogP contribution in [0.5, 0.6) is 0 Å². The minimum Gasteiger partial charge on any atom is -0.211 e. The van der Waals surface area contributed by atoms with Crippen LogP contribution < -0.4 is 0 Å². The van der Waals surface area contributed by atoms with Crippen LogP contribution in [-0.2, 0) is 45.4 Å². The fourth-order valence-electron chi connectivity index (χ4n) is 2.15. The molecular formula is C20H16N4O4. The number of rotatable bonds is 8. The molecule has 0 amide bonds. The summed E-state index contributed by atoms with van der Waals surface area (Å²) >= 11 is 0. The summed E-state index contributed by atoms with van der Waals surface area (Å²) in [6.07, 6.45) is 5.87. The lowest BCUT2D eigenvalue weighted by Crippen LogP contribution is -1.85. The predicted molar refractivity (Wildman–Crippen MR) is 100 cm³/mol. The predicted octanol–water partition coefficient (Wildman–Crippen LogP) is 2.72. The van der Waals surface area contributed by atoms with Crippen LogP contribution in [0.2, 0.25) is 0 Å². The van der Waals surface area contributed by atoms with Gasteiger partial charge in [0.15, 0.2) is 0 Å². The molecule has 0 bridgehead atoms. The lowest BCUT2D eigenvalue weighted by Gasteiger charge is -1.98. The van der Waals surface area contributed by atoms with Crippen molar-refractivity contribution in [3.05, 3.63) is 70.8 Å². The third kappa shape index (κ3) is 9.44. The summed E-state index contributed by atoms with van der Waals surface area (Å²) in [6, 6.07) is 14.7. The molecule has 0 radical (unpaired) electrons. The molecule has 0 fully saturated rings. The SMILES string of the molecule is O=C=NCc1cccc(CN=C=O)c1.O=C=NCc1cccc(CN=C=O)c1. The zero-order valence-electron chi connectivity index (χ0n) is 14.9. The summed E-state index contributed by atoms with van der Waals surface area (Å²) in [4.78, 5) is 53.3. The van der Waals surface area contributed by atoms with Gasteiger partial charge in [-0.15, -0.1) is 0 Å². The van der Waals surface area contributed by atoms with E-state index in [1.54, 1.807) is 0 Å². The van der Waals surface area contributed by atoms with Gasteiger partial charge in [-0.05, 0) is 22.3 Å². The summed E-state index contributed by atoms with van der Waals surface area (Å²) in [6.45, 7) is 1.23. The number of aliphatic imine (C=N–C) groups is 4. The molecule has 0 heterocycles. The second-order valence-electron chi connectivity index (χ2n) is 5.27. The molecule has 8 heteroatoms. The number of isocyanates is 4. The van der Waals surface area contributed by atoms with Gasteiger partial charge in [-0.3, -0.25) is 0 Å². The van der Waals surface area contributed by atoms with Crippen LogP contribution >= 0.6 is 0 Å². The number of benzene rings is 2. The number of hydrogen-bond donors (Lipinski definition) is 0. The van der Waals surface area contributed by atoms with E-state index in [0.717, 1.165) is 22.3 Å². The molecule has 0 spiro atoms. The van der Waals surface area contributed by atoms with Gasteiger partial charge in [-0.1, -0.05) is 48.5 Å². The molecule has 0 aliphatic carbocycles. The van der Waals surface area contributed by atoms with Gasteiger partial charge in [0.05, 0.1) is 26.2 Å². The Morgan fingerprint density at radius 3 is 0.964 bits per heavy atom. The fraction of sp³-hybridized carbons (Fsp3) is 0.200. The first-order valence-corrected chi connectivity index (χ1v) is 8.03. The molecule has 8 nitrogen and oxygen atoms in total. The van der Waals surface area contributed by atoms with Crippen molar-refractivity contribution in [2.24, 2.45) is 20.0 Å². The number of carbonyl (C=O) groups excluding carboxylic acids is 4. The van der Waals surface area contributed by atoms with Gasteiger partial charge in [0, 0.05) is 0 Å². The molecule has 2 aromatic carbocycles. The minimum atomic E-state index is 0.308. The Kier molecular flexibility index (Phi) is 11.1.